The van der Waals surface area contributed by atoms with Gasteiger partial charge in [0.2, 0.25) is 10.0 Å². The molecule has 0 heterocycles. The van der Waals surface area contributed by atoms with Gasteiger partial charge in [-0.2, -0.15) is 0 Å². The Labute approximate surface area is 123 Å². The summed E-state index contributed by atoms with van der Waals surface area (Å²) >= 11 is 0. The normalized spacial score (nSPS) is 11.3. The Hall–Kier alpha value is -1.92. The van der Waals surface area contributed by atoms with E-state index in [1.54, 1.807) is 0 Å². The molecule has 0 bridgehead atoms. The molecule has 0 aliphatic carbocycles. The molecule has 0 radical (unpaired) electrons. The summed E-state index contributed by atoms with van der Waals surface area (Å²) in [7, 11) is -3.55. The van der Waals surface area contributed by atoms with Gasteiger partial charge in [-0.1, -0.05) is 36.4 Å². The van der Waals surface area contributed by atoms with E-state index >= 15 is 0 Å². The molecule has 3 N–H and O–H groups in total. The van der Waals surface area contributed by atoms with E-state index in [2.05, 4.69) is 4.72 Å². The van der Waals surface area contributed by atoms with Crippen LogP contribution in [0.25, 0.3) is 0 Å². The highest BCUT2D eigenvalue weighted by molar-refractivity contribution is 7.92. The van der Waals surface area contributed by atoms with E-state index in [1.165, 1.54) is 18.2 Å². The van der Waals surface area contributed by atoms with Gasteiger partial charge in [-0.15, -0.1) is 0 Å². The molecule has 2 rings (SSSR count). The van der Waals surface area contributed by atoms with Crippen LogP contribution < -0.4 is 10.5 Å². The SMILES string of the molecule is NCc1c(F)cccc1NS(=O)(=O)CCc1ccccc1. The molecule has 112 valence electrons. The minimum absolute atomic E-state index is 0.0663. The molecule has 0 fully saturated rings. The molecule has 0 aromatic heterocycles. The second-order valence-corrected chi connectivity index (χ2v) is 6.47. The summed E-state index contributed by atoms with van der Waals surface area (Å²) in [5, 5.41) is 0. The number of hydrogen-bond donors (Lipinski definition) is 2. The standard InChI is InChI=1S/C15H17FN2O2S/c16-14-7-4-8-15(13(14)11-17)18-21(19,20)10-9-12-5-2-1-3-6-12/h1-8,18H,9-11,17H2. The van der Waals surface area contributed by atoms with Crippen LogP contribution in [0.4, 0.5) is 10.1 Å². The third-order valence-electron chi connectivity index (χ3n) is 3.09. The van der Waals surface area contributed by atoms with E-state index in [1.807, 2.05) is 30.3 Å². The van der Waals surface area contributed by atoms with E-state index in [0.717, 1.165) is 5.56 Å². The van der Waals surface area contributed by atoms with Gasteiger partial charge in [-0.05, 0) is 24.1 Å². The molecule has 0 aliphatic rings. The maximum Gasteiger partial charge on any atom is 0.233 e. The quantitative estimate of drug-likeness (QED) is 0.860. The zero-order valence-corrected chi connectivity index (χ0v) is 12.2. The minimum atomic E-state index is -3.55. The molecule has 0 saturated heterocycles. The highest BCUT2D eigenvalue weighted by Gasteiger charge is 2.14. The third-order valence-corrected chi connectivity index (χ3v) is 4.36. The first kappa shape index (κ1) is 15.5. The van der Waals surface area contributed by atoms with Gasteiger partial charge in [0, 0.05) is 12.1 Å². The fraction of sp³-hybridized carbons (Fsp3) is 0.200. The zero-order valence-electron chi connectivity index (χ0n) is 11.4. The summed E-state index contributed by atoms with van der Waals surface area (Å²) in [5.74, 6) is -0.585. The van der Waals surface area contributed by atoms with Crippen molar-refractivity contribution in [2.75, 3.05) is 10.5 Å². The van der Waals surface area contributed by atoms with Crippen molar-refractivity contribution in [2.45, 2.75) is 13.0 Å². The molecule has 21 heavy (non-hydrogen) atoms. The van der Waals surface area contributed by atoms with Gasteiger partial charge in [0.05, 0.1) is 11.4 Å². The smallest absolute Gasteiger partial charge is 0.233 e. The number of sulfonamides is 1. The van der Waals surface area contributed by atoms with Gasteiger partial charge in [-0.3, -0.25) is 4.72 Å². The number of anilines is 1. The maximum absolute atomic E-state index is 13.6. The minimum Gasteiger partial charge on any atom is -0.326 e. The topological polar surface area (TPSA) is 72.2 Å². The molecule has 0 aliphatic heterocycles. The molecule has 2 aromatic carbocycles. The van der Waals surface area contributed by atoms with Gasteiger partial charge in [0.25, 0.3) is 0 Å². The zero-order chi connectivity index (χ0) is 15.3. The number of aryl methyl sites for hydroxylation is 1. The molecule has 2 aromatic rings. The van der Waals surface area contributed by atoms with Crippen LogP contribution in [0.15, 0.2) is 48.5 Å². The van der Waals surface area contributed by atoms with Gasteiger partial charge < -0.3 is 5.73 Å². The van der Waals surface area contributed by atoms with Crippen LogP contribution >= 0.6 is 0 Å². The number of nitrogens with one attached hydrogen (secondary N) is 1. The predicted octanol–water partition coefficient (Wildman–Crippen LogP) is 2.27. The lowest BCUT2D eigenvalue weighted by atomic mass is 10.2. The number of nitrogens with two attached hydrogens (primary N) is 1. The van der Waals surface area contributed by atoms with Crippen LogP contribution in [0, 0.1) is 5.82 Å². The van der Waals surface area contributed by atoms with Crippen LogP contribution in [-0.2, 0) is 23.0 Å². The summed E-state index contributed by atoms with van der Waals surface area (Å²) in [6.07, 6.45) is 0.392. The van der Waals surface area contributed by atoms with Crippen molar-refractivity contribution in [1.29, 1.82) is 0 Å². The van der Waals surface area contributed by atoms with Crippen molar-refractivity contribution in [3.8, 4) is 0 Å². The Bertz CT molecular complexity index is 703. The van der Waals surface area contributed by atoms with Crippen molar-refractivity contribution < 1.29 is 12.8 Å². The Kier molecular flexibility index (Phi) is 4.93. The Morgan fingerprint density at radius 3 is 2.43 bits per heavy atom. The molecule has 0 amide bonds. The van der Waals surface area contributed by atoms with Crippen LogP contribution in [0.1, 0.15) is 11.1 Å². The molecule has 0 atom stereocenters. The number of rotatable bonds is 6. The van der Waals surface area contributed by atoms with Crippen LogP contribution in [0.3, 0.4) is 0 Å². The molecule has 0 saturated carbocycles. The fourth-order valence-electron chi connectivity index (χ4n) is 1.98. The summed E-state index contributed by atoms with van der Waals surface area (Å²) in [6, 6.07) is 13.5. The van der Waals surface area contributed by atoms with E-state index < -0.39 is 15.8 Å². The van der Waals surface area contributed by atoms with Crippen LogP contribution in [-0.4, -0.2) is 14.2 Å². The number of benzene rings is 2. The Morgan fingerprint density at radius 2 is 1.76 bits per heavy atom. The van der Waals surface area contributed by atoms with E-state index in [9.17, 15) is 12.8 Å². The Balaban J connectivity index is 2.09. The van der Waals surface area contributed by atoms with Gasteiger partial charge in [-0.25, -0.2) is 12.8 Å². The van der Waals surface area contributed by atoms with Crippen molar-refractivity contribution in [3.63, 3.8) is 0 Å². The lowest BCUT2D eigenvalue weighted by Gasteiger charge is -2.12. The first-order valence-corrected chi connectivity index (χ1v) is 8.19. The molecular weight excluding hydrogens is 291 g/mol. The highest BCUT2D eigenvalue weighted by Crippen LogP contribution is 2.19. The fourth-order valence-corrected chi connectivity index (χ4v) is 3.11. The van der Waals surface area contributed by atoms with Crippen LogP contribution in [0.5, 0.6) is 0 Å². The summed E-state index contributed by atoms with van der Waals surface area (Å²) < 4.78 is 40.1. The Morgan fingerprint density at radius 1 is 1.05 bits per heavy atom. The molecule has 0 spiro atoms. The molecule has 0 unspecified atom stereocenters. The second kappa shape index (κ2) is 6.69. The summed E-state index contributed by atoms with van der Waals surface area (Å²) in [5.41, 5.74) is 6.76. The highest BCUT2D eigenvalue weighted by atomic mass is 32.2. The largest absolute Gasteiger partial charge is 0.326 e. The lowest BCUT2D eigenvalue weighted by molar-refractivity contribution is 0.599. The molecule has 6 heteroatoms. The summed E-state index contributed by atoms with van der Waals surface area (Å²) in [4.78, 5) is 0. The van der Waals surface area contributed by atoms with E-state index in [-0.39, 0.29) is 23.5 Å². The number of halogens is 1. The second-order valence-electron chi connectivity index (χ2n) is 4.63. The lowest BCUT2D eigenvalue weighted by Crippen LogP contribution is -2.20. The number of hydrogen-bond acceptors (Lipinski definition) is 3. The molecular formula is C15H17FN2O2S. The first-order valence-electron chi connectivity index (χ1n) is 6.54. The predicted molar refractivity (Wildman–Crippen MR) is 81.8 cm³/mol. The third kappa shape index (κ3) is 4.27. The van der Waals surface area contributed by atoms with E-state index in [4.69, 9.17) is 5.73 Å². The average molecular weight is 308 g/mol. The molecule has 4 nitrogen and oxygen atoms in total. The monoisotopic (exact) mass is 308 g/mol. The van der Waals surface area contributed by atoms with E-state index in [0.29, 0.717) is 6.42 Å². The van der Waals surface area contributed by atoms with Crippen molar-refractivity contribution in [3.05, 3.63) is 65.5 Å². The van der Waals surface area contributed by atoms with Crippen molar-refractivity contribution in [1.82, 2.24) is 0 Å². The van der Waals surface area contributed by atoms with Crippen LogP contribution in [0.2, 0.25) is 0 Å². The van der Waals surface area contributed by atoms with Gasteiger partial charge in [0.1, 0.15) is 5.82 Å². The van der Waals surface area contributed by atoms with Gasteiger partial charge in [0.15, 0.2) is 0 Å². The first-order chi connectivity index (χ1) is 10.0. The van der Waals surface area contributed by atoms with Crippen molar-refractivity contribution >= 4 is 15.7 Å². The van der Waals surface area contributed by atoms with Crippen molar-refractivity contribution in [2.24, 2.45) is 5.73 Å². The maximum atomic E-state index is 13.6. The average Bonchev–Trinajstić information content (AvgIpc) is 2.46. The van der Waals surface area contributed by atoms with Gasteiger partial charge >= 0.3 is 0 Å². The summed E-state index contributed by atoms with van der Waals surface area (Å²) in [6.45, 7) is -0.0663.